The number of carbonyl (C=O) groups is 2. The van der Waals surface area contributed by atoms with Crippen LogP contribution in [-0.4, -0.2) is 40.0 Å². The van der Waals surface area contributed by atoms with E-state index in [-0.39, 0.29) is 12.5 Å². The van der Waals surface area contributed by atoms with Gasteiger partial charge in [0.25, 0.3) is 0 Å². The number of carbonyl (C=O) groups excluding carboxylic acids is 1. The first kappa shape index (κ1) is 17.0. The second-order valence-electron chi connectivity index (χ2n) is 5.06. The molecule has 0 radical (unpaired) electrons. The quantitative estimate of drug-likeness (QED) is 0.627. The lowest BCUT2D eigenvalue weighted by Crippen LogP contribution is -2.36. The molecule has 0 aromatic carbocycles. The molecule has 0 fully saturated rings. The van der Waals surface area contributed by atoms with E-state index >= 15 is 0 Å². The van der Waals surface area contributed by atoms with E-state index in [1.54, 1.807) is 0 Å². The maximum Gasteiger partial charge on any atom is 0.314 e. The maximum absolute atomic E-state index is 11.5. The van der Waals surface area contributed by atoms with Gasteiger partial charge in [0, 0.05) is 32.3 Å². The summed E-state index contributed by atoms with van der Waals surface area (Å²) in [5.74, 6) is -0.848. The summed E-state index contributed by atoms with van der Waals surface area (Å²) in [7, 11) is 1.93. The molecule has 2 amide bonds. The zero-order valence-electron chi connectivity index (χ0n) is 12.9. The second-order valence-corrected chi connectivity index (χ2v) is 5.06. The zero-order chi connectivity index (χ0) is 15.8. The Bertz CT molecular complexity index is 497. The van der Waals surface area contributed by atoms with Gasteiger partial charge in [-0.05, 0) is 38.7 Å². The molecule has 0 aliphatic rings. The summed E-state index contributed by atoms with van der Waals surface area (Å²) in [4.78, 5) is 21.8. The molecule has 0 saturated heterocycles. The zero-order valence-corrected chi connectivity index (χ0v) is 12.9. The predicted molar refractivity (Wildman–Crippen MR) is 79.3 cm³/mol. The number of carboxylic acids is 1. The summed E-state index contributed by atoms with van der Waals surface area (Å²) in [5, 5.41) is 18.2. The van der Waals surface area contributed by atoms with Crippen LogP contribution in [0.5, 0.6) is 0 Å². The standard InChI is InChI=1S/C14H24N4O3/c1-10-12(11(2)18(3)17-10)6-4-8-15-14(21)16-9-5-7-13(19)20/h4-9H2,1-3H3,(H,19,20)(H2,15,16,21). The summed E-state index contributed by atoms with van der Waals surface area (Å²) in [6, 6.07) is -0.250. The van der Waals surface area contributed by atoms with E-state index in [9.17, 15) is 9.59 Å². The van der Waals surface area contributed by atoms with Gasteiger partial charge in [-0.25, -0.2) is 4.79 Å². The van der Waals surface area contributed by atoms with Crippen molar-refractivity contribution in [1.82, 2.24) is 20.4 Å². The minimum absolute atomic E-state index is 0.0693. The monoisotopic (exact) mass is 296 g/mol. The van der Waals surface area contributed by atoms with Crippen molar-refractivity contribution in [2.24, 2.45) is 7.05 Å². The third-order valence-electron chi connectivity index (χ3n) is 3.40. The molecular weight excluding hydrogens is 272 g/mol. The Labute approximate surface area is 124 Å². The Hall–Kier alpha value is -2.05. The lowest BCUT2D eigenvalue weighted by atomic mass is 10.1. The molecule has 3 N–H and O–H groups in total. The minimum Gasteiger partial charge on any atom is -0.481 e. The number of aryl methyl sites for hydroxylation is 2. The SMILES string of the molecule is Cc1nn(C)c(C)c1CCCNC(=O)NCCCC(=O)O. The number of hydrogen-bond acceptors (Lipinski definition) is 3. The first-order valence-corrected chi connectivity index (χ1v) is 7.14. The third-order valence-corrected chi connectivity index (χ3v) is 3.40. The number of rotatable bonds is 8. The van der Waals surface area contributed by atoms with Gasteiger partial charge in [-0.2, -0.15) is 5.10 Å². The van der Waals surface area contributed by atoms with Crippen LogP contribution in [-0.2, 0) is 18.3 Å². The van der Waals surface area contributed by atoms with Crippen molar-refractivity contribution in [3.05, 3.63) is 17.0 Å². The van der Waals surface area contributed by atoms with Gasteiger partial charge in [-0.1, -0.05) is 0 Å². The van der Waals surface area contributed by atoms with Crippen LogP contribution in [0.2, 0.25) is 0 Å². The molecule has 0 spiro atoms. The molecule has 21 heavy (non-hydrogen) atoms. The predicted octanol–water partition coefficient (Wildman–Crippen LogP) is 1.13. The van der Waals surface area contributed by atoms with Gasteiger partial charge in [0.15, 0.2) is 0 Å². The number of hydrogen-bond donors (Lipinski definition) is 3. The lowest BCUT2D eigenvalue weighted by molar-refractivity contribution is -0.137. The van der Waals surface area contributed by atoms with Crippen molar-refractivity contribution >= 4 is 12.0 Å². The molecular formula is C14H24N4O3. The largest absolute Gasteiger partial charge is 0.481 e. The van der Waals surface area contributed by atoms with Gasteiger partial charge in [0.2, 0.25) is 0 Å². The first-order valence-electron chi connectivity index (χ1n) is 7.14. The highest BCUT2D eigenvalue weighted by molar-refractivity contribution is 5.73. The average Bonchev–Trinajstić information content (AvgIpc) is 2.65. The number of nitrogens with one attached hydrogen (secondary N) is 2. The molecule has 0 aliphatic heterocycles. The number of aliphatic carboxylic acids is 1. The van der Waals surface area contributed by atoms with Gasteiger partial charge in [0.1, 0.15) is 0 Å². The Balaban J connectivity index is 2.16. The van der Waals surface area contributed by atoms with Crippen LogP contribution >= 0.6 is 0 Å². The highest BCUT2D eigenvalue weighted by Gasteiger charge is 2.08. The normalized spacial score (nSPS) is 10.4. The molecule has 1 aromatic rings. The first-order chi connectivity index (χ1) is 9.91. The van der Waals surface area contributed by atoms with E-state index in [0.717, 1.165) is 24.2 Å². The van der Waals surface area contributed by atoms with Crippen molar-refractivity contribution in [3.63, 3.8) is 0 Å². The third kappa shape index (κ3) is 5.85. The maximum atomic E-state index is 11.5. The van der Waals surface area contributed by atoms with Crippen LogP contribution in [0.1, 0.15) is 36.2 Å². The van der Waals surface area contributed by atoms with E-state index in [1.807, 2.05) is 25.6 Å². The molecule has 0 unspecified atom stereocenters. The molecule has 1 heterocycles. The number of carboxylic acid groups (broad SMARTS) is 1. The number of urea groups is 1. The van der Waals surface area contributed by atoms with Crippen LogP contribution in [0.3, 0.4) is 0 Å². The Morgan fingerprint density at radius 1 is 1.19 bits per heavy atom. The molecule has 0 saturated carbocycles. The van der Waals surface area contributed by atoms with Crippen LogP contribution in [0, 0.1) is 13.8 Å². The minimum atomic E-state index is -0.848. The summed E-state index contributed by atoms with van der Waals surface area (Å²) < 4.78 is 1.87. The van der Waals surface area contributed by atoms with Crippen LogP contribution in [0.25, 0.3) is 0 Å². The molecule has 1 aromatic heterocycles. The van der Waals surface area contributed by atoms with E-state index in [4.69, 9.17) is 5.11 Å². The smallest absolute Gasteiger partial charge is 0.314 e. The molecule has 118 valence electrons. The summed E-state index contributed by atoms with van der Waals surface area (Å²) in [6.45, 7) is 4.99. The number of nitrogens with zero attached hydrogens (tertiary/aromatic N) is 2. The Morgan fingerprint density at radius 3 is 2.33 bits per heavy atom. The van der Waals surface area contributed by atoms with E-state index in [1.165, 1.54) is 5.56 Å². The molecule has 0 bridgehead atoms. The van der Waals surface area contributed by atoms with Gasteiger partial charge in [-0.15, -0.1) is 0 Å². The Kier molecular flexibility index (Phi) is 6.71. The van der Waals surface area contributed by atoms with Crippen molar-refractivity contribution in [3.8, 4) is 0 Å². The molecule has 0 aliphatic carbocycles. The van der Waals surface area contributed by atoms with Gasteiger partial charge in [-0.3, -0.25) is 9.48 Å². The highest BCUT2D eigenvalue weighted by Crippen LogP contribution is 2.13. The van der Waals surface area contributed by atoms with Gasteiger partial charge < -0.3 is 15.7 Å². The van der Waals surface area contributed by atoms with E-state index < -0.39 is 5.97 Å². The molecule has 0 atom stereocenters. The van der Waals surface area contributed by atoms with Crippen LogP contribution in [0.15, 0.2) is 0 Å². The fourth-order valence-electron chi connectivity index (χ4n) is 2.15. The summed E-state index contributed by atoms with van der Waals surface area (Å²) in [5.41, 5.74) is 3.43. The average molecular weight is 296 g/mol. The van der Waals surface area contributed by atoms with Crippen LogP contribution in [0.4, 0.5) is 4.79 Å². The fourth-order valence-corrected chi connectivity index (χ4v) is 2.15. The Morgan fingerprint density at radius 2 is 1.81 bits per heavy atom. The highest BCUT2D eigenvalue weighted by atomic mass is 16.4. The molecule has 7 heteroatoms. The second kappa shape index (κ2) is 8.28. The lowest BCUT2D eigenvalue weighted by Gasteiger charge is -2.07. The van der Waals surface area contributed by atoms with Crippen molar-refractivity contribution in [1.29, 1.82) is 0 Å². The van der Waals surface area contributed by atoms with E-state index in [0.29, 0.717) is 19.5 Å². The van der Waals surface area contributed by atoms with Crippen molar-refractivity contribution < 1.29 is 14.7 Å². The van der Waals surface area contributed by atoms with Gasteiger partial charge in [0.05, 0.1) is 5.69 Å². The summed E-state index contributed by atoms with van der Waals surface area (Å²) in [6.07, 6.45) is 2.23. The topological polar surface area (TPSA) is 96.3 Å². The van der Waals surface area contributed by atoms with E-state index in [2.05, 4.69) is 15.7 Å². The number of aromatic nitrogens is 2. The molecule has 7 nitrogen and oxygen atoms in total. The van der Waals surface area contributed by atoms with Crippen LogP contribution < -0.4 is 10.6 Å². The fraction of sp³-hybridized carbons (Fsp3) is 0.643. The number of amides is 2. The van der Waals surface area contributed by atoms with Crippen molar-refractivity contribution in [2.75, 3.05) is 13.1 Å². The van der Waals surface area contributed by atoms with Crippen molar-refractivity contribution in [2.45, 2.75) is 39.5 Å². The molecule has 1 rings (SSSR count). The summed E-state index contributed by atoms with van der Waals surface area (Å²) >= 11 is 0. The van der Waals surface area contributed by atoms with Gasteiger partial charge >= 0.3 is 12.0 Å².